The first-order valence-electron chi connectivity index (χ1n) is 5.40. The highest BCUT2D eigenvalue weighted by Crippen LogP contribution is 2.28. The van der Waals surface area contributed by atoms with Crippen molar-refractivity contribution in [3.05, 3.63) is 40.8 Å². The summed E-state index contributed by atoms with van der Waals surface area (Å²) in [5.74, 6) is -0.127. The van der Waals surface area contributed by atoms with Gasteiger partial charge in [0.1, 0.15) is 11.6 Å². The topological polar surface area (TPSA) is 50.8 Å². The largest absolute Gasteiger partial charge is 0.435 e. The lowest BCUT2D eigenvalue weighted by atomic mass is 10.2. The number of aromatic nitrogens is 2. The van der Waals surface area contributed by atoms with E-state index in [-0.39, 0.29) is 11.6 Å². The molecule has 1 aromatic heterocycles. The molecule has 0 amide bonds. The first-order valence-corrected chi connectivity index (χ1v) is 5.40. The number of rotatable bonds is 2. The number of nitriles is 1. The molecule has 2 aromatic rings. The molecule has 5 heteroatoms. The predicted octanol–water partition coefficient (Wildman–Crippen LogP) is 2.84. The highest BCUT2D eigenvalue weighted by molar-refractivity contribution is 5.44. The third-order valence-electron chi connectivity index (χ3n) is 2.57. The van der Waals surface area contributed by atoms with Crippen LogP contribution in [0.15, 0.2) is 18.2 Å². The minimum absolute atomic E-state index is 0.0921. The Balaban J connectivity index is 2.46. The van der Waals surface area contributed by atoms with E-state index in [0.29, 0.717) is 11.3 Å². The fourth-order valence-corrected chi connectivity index (χ4v) is 1.68. The molecule has 0 bridgehead atoms. The summed E-state index contributed by atoms with van der Waals surface area (Å²) in [6, 6.07) is 6.58. The summed E-state index contributed by atoms with van der Waals surface area (Å²) in [5, 5.41) is 13.1. The normalized spacial score (nSPS) is 10.2. The van der Waals surface area contributed by atoms with Gasteiger partial charge in [-0.15, -0.1) is 0 Å². The average molecular weight is 245 g/mol. The predicted molar refractivity (Wildman–Crippen MR) is 63.9 cm³/mol. The molecular formula is C13H12FN3O. The van der Waals surface area contributed by atoms with Gasteiger partial charge in [0.05, 0.1) is 5.69 Å². The van der Waals surface area contributed by atoms with E-state index >= 15 is 0 Å². The van der Waals surface area contributed by atoms with E-state index in [4.69, 9.17) is 10.00 Å². The Hall–Kier alpha value is -2.35. The molecule has 4 nitrogen and oxygen atoms in total. The molecule has 1 aromatic carbocycles. The van der Waals surface area contributed by atoms with E-state index < -0.39 is 5.82 Å². The monoisotopic (exact) mass is 245 g/mol. The highest BCUT2D eigenvalue weighted by atomic mass is 19.1. The number of hydrogen-bond acceptors (Lipinski definition) is 3. The van der Waals surface area contributed by atoms with Crippen molar-refractivity contribution in [2.45, 2.75) is 13.8 Å². The molecule has 0 saturated heterocycles. The summed E-state index contributed by atoms with van der Waals surface area (Å²) in [5.41, 5.74) is 1.75. The van der Waals surface area contributed by atoms with Crippen molar-refractivity contribution in [3.8, 4) is 17.7 Å². The summed E-state index contributed by atoms with van der Waals surface area (Å²) in [4.78, 5) is 0. The minimum atomic E-state index is -0.469. The molecule has 92 valence electrons. The van der Waals surface area contributed by atoms with Crippen LogP contribution in [0.25, 0.3) is 0 Å². The van der Waals surface area contributed by atoms with Gasteiger partial charge in [-0.05, 0) is 31.5 Å². The first-order chi connectivity index (χ1) is 8.52. The second-order valence-corrected chi connectivity index (χ2v) is 4.04. The van der Waals surface area contributed by atoms with Crippen LogP contribution in [0, 0.1) is 31.0 Å². The van der Waals surface area contributed by atoms with Gasteiger partial charge in [-0.2, -0.15) is 10.4 Å². The first kappa shape index (κ1) is 12.1. The summed E-state index contributed by atoms with van der Waals surface area (Å²) in [6.07, 6.45) is 0. The third kappa shape index (κ3) is 2.05. The van der Waals surface area contributed by atoms with Crippen molar-refractivity contribution in [2.24, 2.45) is 7.05 Å². The van der Waals surface area contributed by atoms with Gasteiger partial charge < -0.3 is 4.74 Å². The molecule has 0 aliphatic carbocycles. The summed E-state index contributed by atoms with van der Waals surface area (Å²) >= 11 is 0. The molecule has 0 N–H and O–H groups in total. The van der Waals surface area contributed by atoms with E-state index in [1.165, 1.54) is 10.7 Å². The van der Waals surface area contributed by atoms with Crippen LogP contribution in [0.4, 0.5) is 4.39 Å². The quantitative estimate of drug-likeness (QED) is 0.817. The SMILES string of the molecule is Cc1ccc(F)c(Oc2c(C#N)c(C)nn2C)c1. The molecule has 1 heterocycles. The molecule has 0 aliphatic rings. The van der Waals surface area contributed by atoms with Crippen LogP contribution in [0.2, 0.25) is 0 Å². The molecule has 2 rings (SSSR count). The zero-order valence-corrected chi connectivity index (χ0v) is 10.4. The number of nitrogens with zero attached hydrogens (tertiary/aromatic N) is 3. The molecule has 0 atom stereocenters. The second-order valence-electron chi connectivity index (χ2n) is 4.04. The van der Waals surface area contributed by atoms with Gasteiger partial charge in [0.2, 0.25) is 5.88 Å². The maximum atomic E-state index is 13.6. The molecule has 18 heavy (non-hydrogen) atoms. The fraction of sp³-hybridized carbons (Fsp3) is 0.231. The number of halogens is 1. The van der Waals surface area contributed by atoms with Gasteiger partial charge in [-0.25, -0.2) is 9.07 Å². The molecule has 0 saturated carbocycles. The van der Waals surface area contributed by atoms with Crippen LogP contribution in [0.5, 0.6) is 11.6 Å². The highest BCUT2D eigenvalue weighted by Gasteiger charge is 2.16. The van der Waals surface area contributed by atoms with E-state index in [2.05, 4.69) is 5.10 Å². The number of aryl methyl sites for hydroxylation is 3. The lowest BCUT2D eigenvalue weighted by molar-refractivity contribution is 0.402. The van der Waals surface area contributed by atoms with Gasteiger partial charge in [0.15, 0.2) is 11.6 Å². The zero-order valence-electron chi connectivity index (χ0n) is 10.4. The van der Waals surface area contributed by atoms with Crippen LogP contribution in [-0.4, -0.2) is 9.78 Å². The van der Waals surface area contributed by atoms with Crippen LogP contribution in [0.1, 0.15) is 16.8 Å². The standard InChI is InChI=1S/C13H12FN3O/c1-8-4-5-11(14)12(6-8)18-13-10(7-15)9(2)16-17(13)3/h4-6H,1-3H3. The van der Waals surface area contributed by atoms with Crippen LogP contribution in [-0.2, 0) is 7.05 Å². The van der Waals surface area contributed by atoms with Crippen LogP contribution >= 0.6 is 0 Å². The number of benzene rings is 1. The van der Waals surface area contributed by atoms with Crippen molar-refractivity contribution in [3.63, 3.8) is 0 Å². The Kier molecular flexibility index (Phi) is 3.02. The van der Waals surface area contributed by atoms with E-state index in [1.807, 2.05) is 13.0 Å². The lowest BCUT2D eigenvalue weighted by Crippen LogP contribution is -1.98. The van der Waals surface area contributed by atoms with Crippen molar-refractivity contribution < 1.29 is 9.13 Å². The van der Waals surface area contributed by atoms with Crippen LogP contribution < -0.4 is 4.74 Å². The Morgan fingerprint density at radius 3 is 2.78 bits per heavy atom. The van der Waals surface area contributed by atoms with Crippen molar-refractivity contribution in [1.82, 2.24) is 9.78 Å². The maximum absolute atomic E-state index is 13.6. The fourth-order valence-electron chi connectivity index (χ4n) is 1.68. The average Bonchev–Trinajstić information content (AvgIpc) is 2.58. The lowest BCUT2D eigenvalue weighted by Gasteiger charge is -2.07. The molecule has 0 spiro atoms. The Bertz CT molecular complexity index is 640. The van der Waals surface area contributed by atoms with Gasteiger partial charge in [0.25, 0.3) is 0 Å². The summed E-state index contributed by atoms with van der Waals surface area (Å²) in [7, 11) is 1.65. The van der Waals surface area contributed by atoms with E-state index in [0.717, 1.165) is 5.56 Å². The van der Waals surface area contributed by atoms with Gasteiger partial charge >= 0.3 is 0 Å². The van der Waals surface area contributed by atoms with Gasteiger partial charge in [0, 0.05) is 7.05 Å². The van der Waals surface area contributed by atoms with Crippen LogP contribution in [0.3, 0.4) is 0 Å². The van der Waals surface area contributed by atoms with Crippen molar-refractivity contribution in [2.75, 3.05) is 0 Å². The Morgan fingerprint density at radius 2 is 2.11 bits per heavy atom. The van der Waals surface area contributed by atoms with E-state index in [1.54, 1.807) is 26.1 Å². The minimum Gasteiger partial charge on any atom is -0.435 e. The van der Waals surface area contributed by atoms with E-state index in [9.17, 15) is 4.39 Å². The molecule has 0 fully saturated rings. The van der Waals surface area contributed by atoms with Gasteiger partial charge in [-0.1, -0.05) is 6.07 Å². The smallest absolute Gasteiger partial charge is 0.236 e. The molecule has 0 unspecified atom stereocenters. The number of ether oxygens (including phenoxy) is 1. The molecular weight excluding hydrogens is 233 g/mol. The summed E-state index contributed by atoms with van der Waals surface area (Å²) in [6.45, 7) is 3.55. The van der Waals surface area contributed by atoms with Crippen molar-refractivity contribution in [1.29, 1.82) is 5.26 Å². The zero-order chi connectivity index (χ0) is 13.3. The third-order valence-corrected chi connectivity index (χ3v) is 2.57. The molecule has 0 radical (unpaired) electrons. The Morgan fingerprint density at radius 1 is 1.39 bits per heavy atom. The van der Waals surface area contributed by atoms with Gasteiger partial charge in [-0.3, -0.25) is 0 Å². The Labute approximate surface area is 104 Å². The summed E-state index contributed by atoms with van der Waals surface area (Å²) < 4.78 is 20.5. The molecule has 0 aliphatic heterocycles. The maximum Gasteiger partial charge on any atom is 0.236 e. The second kappa shape index (κ2) is 4.49. The van der Waals surface area contributed by atoms with Crippen molar-refractivity contribution >= 4 is 0 Å². The number of hydrogen-bond donors (Lipinski definition) is 0.